The molecule has 0 saturated heterocycles. The van der Waals surface area contributed by atoms with Gasteiger partial charge in [0.1, 0.15) is 5.54 Å². The summed E-state index contributed by atoms with van der Waals surface area (Å²) < 4.78 is 1.03. The van der Waals surface area contributed by atoms with Gasteiger partial charge < -0.3 is 5.32 Å². The van der Waals surface area contributed by atoms with Gasteiger partial charge in [0.15, 0.2) is 0 Å². The van der Waals surface area contributed by atoms with Gasteiger partial charge in [-0.1, -0.05) is 38.3 Å². The highest BCUT2D eigenvalue weighted by Gasteiger charge is 2.40. The summed E-state index contributed by atoms with van der Waals surface area (Å²) in [4.78, 5) is 0. The van der Waals surface area contributed by atoms with Gasteiger partial charge in [-0.05, 0) is 46.8 Å². The van der Waals surface area contributed by atoms with E-state index in [4.69, 9.17) is 0 Å². The normalized spacial score (nSPS) is 27.5. The number of hydrogen-bond donors (Lipinski definition) is 1. The average Bonchev–Trinajstić information content (AvgIpc) is 2.42. The van der Waals surface area contributed by atoms with Crippen LogP contribution in [0.2, 0.25) is 0 Å². The largest absolute Gasteiger partial charge is 0.366 e. The summed E-state index contributed by atoms with van der Waals surface area (Å²) >= 11 is 3.55. The van der Waals surface area contributed by atoms with Crippen LogP contribution >= 0.6 is 15.9 Å². The van der Waals surface area contributed by atoms with Crippen LogP contribution in [0.1, 0.15) is 39.0 Å². The third kappa shape index (κ3) is 2.54. The second-order valence-electron chi connectivity index (χ2n) is 5.04. The molecule has 3 heteroatoms. The Morgan fingerprint density at radius 3 is 2.89 bits per heavy atom. The van der Waals surface area contributed by atoms with E-state index in [1.165, 1.54) is 6.42 Å². The van der Waals surface area contributed by atoms with Crippen molar-refractivity contribution in [3.63, 3.8) is 0 Å². The number of halogens is 1. The summed E-state index contributed by atoms with van der Waals surface area (Å²) in [6, 6.07) is 10.6. The standard InChI is InChI=1S/C15H19BrN2/c1-2-12-7-5-6-10-15(12,11-17)18-14-9-4-3-8-13(14)16/h3-4,8-9,12,18H,2,5-7,10H2,1H3. The summed E-state index contributed by atoms with van der Waals surface area (Å²) in [5, 5.41) is 13.2. The van der Waals surface area contributed by atoms with E-state index in [0.717, 1.165) is 35.8 Å². The van der Waals surface area contributed by atoms with Crippen molar-refractivity contribution in [3.8, 4) is 6.07 Å². The zero-order chi connectivity index (χ0) is 13.0. The van der Waals surface area contributed by atoms with Crippen LogP contribution in [0.15, 0.2) is 28.7 Å². The molecule has 1 N–H and O–H groups in total. The predicted molar refractivity (Wildman–Crippen MR) is 78.4 cm³/mol. The monoisotopic (exact) mass is 306 g/mol. The molecule has 2 unspecified atom stereocenters. The van der Waals surface area contributed by atoms with E-state index in [9.17, 15) is 5.26 Å². The fourth-order valence-corrected chi connectivity index (χ4v) is 3.32. The Hall–Kier alpha value is -1.01. The number of anilines is 1. The maximum absolute atomic E-state index is 9.67. The van der Waals surface area contributed by atoms with Crippen molar-refractivity contribution in [2.24, 2.45) is 5.92 Å². The number of rotatable bonds is 3. The fourth-order valence-electron chi connectivity index (χ4n) is 2.94. The van der Waals surface area contributed by atoms with Crippen LogP contribution in [0.4, 0.5) is 5.69 Å². The molecule has 0 spiro atoms. The van der Waals surface area contributed by atoms with E-state index >= 15 is 0 Å². The minimum Gasteiger partial charge on any atom is -0.366 e. The first-order valence-electron chi connectivity index (χ1n) is 6.66. The third-order valence-electron chi connectivity index (χ3n) is 3.99. The highest BCUT2D eigenvalue weighted by Crippen LogP contribution is 2.39. The lowest BCUT2D eigenvalue weighted by atomic mass is 9.72. The van der Waals surface area contributed by atoms with Crippen LogP contribution in [0.5, 0.6) is 0 Å². The number of hydrogen-bond acceptors (Lipinski definition) is 2. The van der Waals surface area contributed by atoms with Crippen LogP contribution in [0, 0.1) is 17.2 Å². The molecule has 1 aromatic carbocycles. The van der Waals surface area contributed by atoms with E-state index in [2.05, 4.69) is 34.2 Å². The lowest BCUT2D eigenvalue weighted by Gasteiger charge is -2.40. The Morgan fingerprint density at radius 2 is 2.22 bits per heavy atom. The van der Waals surface area contributed by atoms with Crippen molar-refractivity contribution in [2.45, 2.75) is 44.6 Å². The molecule has 1 aromatic rings. The molecular weight excluding hydrogens is 288 g/mol. The van der Waals surface area contributed by atoms with Crippen molar-refractivity contribution < 1.29 is 0 Å². The molecule has 2 atom stereocenters. The summed E-state index contributed by atoms with van der Waals surface area (Å²) in [5.74, 6) is 0.448. The molecule has 18 heavy (non-hydrogen) atoms. The van der Waals surface area contributed by atoms with Gasteiger partial charge in [-0.3, -0.25) is 0 Å². The molecule has 1 fully saturated rings. The van der Waals surface area contributed by atoms with Crippen molar-refractivity contribution in [2.75, 3.05) is 5.32 Å². The minimum atomic E-state index is -0.392. The van der Waals surface area contributed by atoms with E-state index in [-0.39, 0.29) is 0 Å². The van der Waals surface area contributed by atoms with E-state index in [0.29, 0.717) is 5.92 Å². The molecular formula is C15H19BrN2. The lowest BCUT2D eigenvalue weighted by Crippen LogP contribution is -2.46. The Labute approximate surface area is 118 Å². The fraction of sp³-hybridized carbons (Fsp3) is 0.533. The predicted octanol–water partition coefficient (Wildman–Crippen LogP) is 4.72. The first-order valence-corrected chi connectivity index (χ1v) is 7.45. The number of para-hydroxylation sites is 1. The Bertz CT molecular complexity index is 452. The van der Waals surface area contributed by atoms with Gasteiger partial charge in [0, 0.05) is 10.2 Å². The molecule has 1 saturated carbocycles. The van der Waals surface area contributed by atoms with Crippen molar-refractivity contribution in [1.82, 2.24) is 0 Å². The zero-order valence-electron chi connectivity index (χ0n) is 10.7. The second kappa shape index (κ2) is 5.75. The topological polar surface area (TPSA) is 35.8 Å². The molecule has 0 amide bonds. The van der Waals surface area contributed by atoms with Crippen LogP contribution in [0.25, 0.3) is 0 Å². The van der Waals surface area contributed by atoms with Crippen LogP contribution in [-0.2, 0) is 0 Å². The Kier molecular flexibility index (Phi) is 4.29. The summed E-state index contributed by atoms with van der Waals surface area (Å²) in [6.45, 7) is 2.18. The molecule has 1 aliphatic rings. The summed E-state index contributed by atoms with van der Waals surface area (Å²) in [6.07, 6.45) is 5.55. The molecule has 2 rings (SSSR count). The first-order chi connectivity index (χ1) is 8.72. The molecule has 0 aromatic heterocycles. The van der Waals surface area contributed by atoms with Crippen LogP contribution in [0.3, 0.4) is 0 Å². The lowest BCUT2D eigenvalue weighted by molar-refractivity contribution is 0.258. The zero-order valence-corrected chi connectivity index (χ0v) is 12.3. The Morgan fingerprint density at radius 1 is 1.44 bits per heavy atom. The van der Waals surface area contributed by atoms with E-state index in [1.807, 2.05) is 24.3 Å². The molecule has 96 valence electrons. The molecule has 1 aliphatic carbocycles. The molecule has 0 aliphatic heterocycles. The van der Waals surface area contributed by atoms with Gasteiger partial charge >= 0.3 is 0 Å². The van der Waals surface area contributed by atoms with E-state index in [1.54, 1.807) is 0 Å². The third-order valence-corrected chi connectivity index (χ3v) is 4.69. The van der Waals surface area contributed by atoms with Crippen molar-refractivity contribution >= 4 is 21.6 Å². The number of nitrogens with zero attached hydrogens (tertiary/aromatic N) is 1. The molecule has 0 radical (unpaired) electrons. The Balaban J connectivity index is 2.28. The highest BCUT2D eigenvalue weighted by atomic mass is 79.9. The van der Waals surface area contributed by atoms with Gasteiger partial charge in [0.05, 0.1) is 6.07 Å². The molecule has 0 heterocycles. The van der Waals surface area contributed by atoms with Gasteiger partial charge in [-0.15, -0.1) is 0 Å². The van der Waals surface area contributed by atoms with E-state index < -0.39 is 5.54 Å². The van der Waals surface area contributed by atoms with Crippen molar-refractivity contribution in [3.05, 3.63) is 28.7 Å². The number of benzene rings is 1. The van der Waals surface area contributed by atoms with Crippen molar-refractivity contribution in [1.29, 1.82) is 5.26 Å². The van der Waals surface area contributed by atoms with Crippen LogP contribution in [-0.4, -0.2) is 5.54 Å². The highest BCUT2D eigenvalue weighted by molar-refractivity contribution is 9.10. The maximum atomic E-state index is 9.67. The molecule has 0 bridgehead atoms. The average molecular weight is 307 g/mol. The number of nitrogens with one attached hydrogen (secondary N) is 1. The van der Waals surface area contributed by atoms with Gasteiger partial charge in [0.25, 0.3) is 0 Å². The van der Waals surface area contributed by atoms with Gasteiger partial charge in [0.2, 0.25) is 0 Å². The smallest absolute Gasteiger partial charge is 0.128 e. The number of nitriles is 1. The van der Waals surface area contributed by atoms with Crippen LogP contribution < -0.4 is 5.32 Å². The quantitative estimate of drug-likeness (QED) is 0.876. The second-order valence-corrected chi connectivity index (χ2v) is 5.89. The minimum absolute atomic E-state index is 0.392. The SMILES string of the molecule is CCC1CCCCC1(C#N)Nc1ccccc1Br. The molecule has 2 nitrogen and oxygen atoms in total. The van der Waals surface area contributed by atoms with Gasteiger partial charge in [-0.2, -0.15) is 5.26 Å². The first kappa shape index (κ1) is 13.4. The summed E-state index contributed by atoms with van der Waals surface area (Å²) in [7, 11) is 0. The van der Waals surface area contributed by atoms with Gasteiger partial charge in [-0.25, -0.2) is 0 Å². The maximum Gasteiger partial charge on any atom is 0.128 e. The summed E-state index contributed by atoms with van der Waals surface area (Å²) in [5.41, 5.74) is 0.635.